The fraction of sp³-hybridized carbons (Fsp3) is 0.843. The standard InChI is InChI=1S/C51H95NO5/c1-4-7-10-13-16-19-21-23-24-25-27-29-32-35-38-41-44-51(56)57-47(42-39-36-33-31-28-26-22-20-17-14-11-8-5-2)45-50(55)52-48(46-53)49(54)43-40-37-34-30-18-15-12-9-6-3/h7,10,16,19,23-24,47-49,53-54H,4-6,8-9,11-15,17-18,20-22,25-46H2,1-3H3,(H,52,55)/b10-7+,19-16+,24-23+. The van der Waals surface area contributed by atoms with Crippen LogP contribution < -0.4 is 5.32 Å². The Morgan fingerprint density at radius 1 is 0.526 bits per heavy atom. The Balaban J connectivity index is 4.57. The highest BCUT2D eigenvalue weighted by Gasteiger charge is 2.24. The molecule has 0 rings (SSSR count). The Kier molecular flexibility index (Phi) is 43.6. The molecule has 0 aliphatic rings. The van der Waals surface area contributed by atoms with Crippen LogP contribution in [0, 0.1) is 0 Å². The molecule has 0 heterocycles. The monoisotopic (exact) mass is 802 g/mol. The minimum Gasteiger partial charge on any atom is -0.462 e. The van der Waals surface area contributed by atoms with Gasteiger partial charge in [-0.05, 0) is 57.8 Å². The molecule has 3 unspecified atom stereocenters. The van der Waals surface area contributed by atoms with Crippen LogP contribution in [0.1, 0.15) is 252 Å². The molecule has 3 atom stereocenters. The molecule has 57 heavy (non-hydrogen) atoms. The normalized spacial score (nSPS) is 13.6. The van der Waals surface area contributed by atoms with Crippen LogP contribution in [0.25, 0.3) is 0 Å². The molecule has 6 heteroatoms. The number of nitrogens with one attached hydrogen (secondary N) is 1. The van der Waals surface area contributed by atoms with Crippen molar-refractivity contribution in [3.05, 3.63) is 36.5 Å². The lowest BCUT2D eigenvalue weighted by Crippen LogP contribution is -2.46. The van der Waals surface area contributed by atoms with Crippen LogP contribution in [-0.4, -0.2) is 46.9 Å². The van der Waals surface area contributed by atoms with E-state index in [1.807, 2.05) is 0 Å². The van der Waals surface area contributed by atoms with Gasteiger partial charge in [0.15, 0.2) is 0 Å². The van der Waals surface area contributed by atoms with Crippen LogP contribution in [0.4, 0.5) is 0 Å². The average Bonchev–Trinajstić information content (AvgIpc) is 3.20. The molecule has 0 aliphatic carbocycles. The van der Waals surface area contributed by atoms with Crippen LogP contribution >= 0.6 is 0 Å². The summed E-state index contributed by atoms with van der Waals surface area (Å²) in [7, 11) is 0. The van der Waals surface area contributed by atoms with Gasteiger partial charge in [0.05, 0.1) is 25.2 Å². The lowest BCUT2D eigenvalue weighted by molar-refractivity contribution is -0.151. The fourth-order valence-corrected chi connectivity index (χ4v) is 7.50. The lowest BCUT2D eigenvalue weighted by Gasteiger charge is -2.24. The van der Waals surface area contributed by atoms with Gasteiger partial charge < -0.3 is 20.3 Å². The first-order chi connectivity index (χ1) is 28.0. The van der Waals surface area contributed by atoms with Crippen molar-refractivity contribution >= 4 is 11.9 Å². The number of esters is 1. The number of hydrogen-bond acceptors (Lipinski definition) is 5. The van der Waals surface area contributed by atoms with Crippen LogP contribution in [-0.2, 0) is 14.3 Å². The molecule has 0 fully saturated rings. The van der Waals surface area contributed by atoms with Gasteiger partial charge in [0.1, 0.15) is 6.10 Å². The molecular formula is C51H95NO5. The number of aliphatic hydroxyl groups is 2. The van der Waals surface area contributed by atoms with Gasteiger partial charge >= 0.3 is 5.97 Å². The smallest absolute Gasteiger partial charge is 0.306 e. The summed E-state index contributed by atoms with van der Waals surface area (Å²) in [6.07, 6.45) is 52.0. The lowest BCUT2D eigenvalue weighted by atomic mass is 10.0. The van der Waals surface area contributed by atoms with E-state index < -0.39 is 18.2 Å². The third kappa shape index (κ3) is 40.6. The number of aliphatic hydroxyl groups excluding tert-OH is 2. The van der Waals surface area contributed by atoms with Crippen molar-refractivity contribution in [2.45, 2.75) is 270 Å². The molecule has 0 aromatic rings. The average molecular weight is 802 g/mol. The summed E-state index contributed by atoms with van der Waals surface area (Å²) in [6, 6.07) is -0.699. The second-order valence-electron chi connectivity index (χ2n) is 16.8. The van der Waals surface area contributed by atoms with Gasteiger partial charge in [-0.15, -0.1) is 0 Å². The van der Waals surface area contributed by atoms with E-state index in [1.165, 1.54) is 128 Å². The maximum atomic E-state index is 13.1. The van der Waals surface area contributed by atoms with Crippen molar-refractivity contribution in [2.75, 3.05) is 6.61 Å². The number of allylic oxidation sites excluding steroid dienone is 6. The van der Waals surface area contributed by atoms with Crippen molar-refractivity contribution in [2.24, 2.45) is 0 Å². The first kappa shape index (κ1) is 55.1. The summed E-state index contributed by atoms with van der Waals surface area (Å²) in [5.41, 5.74) is 0. The third-order valence-electron chi connectivity index (χ3n) is 11.2. The zero-order valence-corrected chi connectivity index (χ0v) is 38.0. The maximum absolute atomic E-state index is 13.1. The van der Waals surface area contributed by atoms with Crippen LogP contribution in [0.2, 0.25) is 0 Å². The predicted molar refractivity (Wildman–Crippen MR) is 246 cm³/mol. The Morgan fingerprint density at radius 3 is 1.44 bits per heavy atom. The zero-order chi connectivity index (χ0) is 41.7. The number of ether oxygens (including phenoxy) is 1. The van der Waals surface area contributed by atoms with E-state index in [0.717, 1.165) is 77.0 Å². The fourth-order valence-electron chi connectivity index (χ4n) is 7.50. The van der Waals surface area contributed by atoms with Crippen LogP contribution in [0.5, 0.6) is 0 Å². The van der Waals surface area contributed by atoms with Crippen LogP contribution in [0.15, 0.2) is 36.5 Å². The Bertz CT molecular complexity index is 946. The summed E-state index contributed by atoms with van der Waals surface area (Å²) in [6.45, 7) is 6.36. The van der Waals surface area contributed by atoms with E-state index in [0.29, 0.717) is 19.3 Å². The number of hydrogen-bond donors (Lipinski definition) is 3. The third-order valence-corrected chi connectivity index (χ3v) is 11.2. The molecular weight excluding hydrogens is 707 g/mol. The summed E-state index contributed by atoms with van der Waals surface area (Å²) in [4.78, 5) is 26.1. The quantitative estimate of drug-likeness (QED) is 0.0324. The molecule has 0 bridgehead atoms. The molecule has 0 radical (unpaired) electrons. The Hall–Kier alpha value is -1.92. The number of unbranched alkanes of at least 4 members (excludes halogenated alkanes) is 26. The van der Waals surface area contributed by atoms with E-state index in [-0.39, 0.29) is 24.9 Å². The molecule has 0 spiro atoms. The number of amides is 1. The number of carbonyl (C=O) groups is 2. The summed E-state index contributed by atoms with van der Waals surface area (Å²) in [5.74, 6) is -0.481. The maximum Gasteiger partial charge on any atom is 0.306 e. The molecule has 334 valence electrons. The topological polar surface area (TPSA) is 95.9 Å². The van der Waals surface area contributed by atoms with E-state index >= 15 is 0 Å². The minimum atomic E-state index is -0.785. The van der Waals surface area contributed by atoms with E-state index in [2.05, 4.69) is 62.5 Å². The molecule has 0 aromatic carbocycles. The largest absolute Gasteiger partial charge is 0.462 e. The number of carbonyl (C=O) groups excluding carboxylic acids is 2. The predicted octanol–water partition coefficient (Wildman–Crippen LogP) is 14.5. The summed E-state index contributed by atoms with van der Waals surface area (Å²) in [5, 5.41) is 23.6. The van der Waals surface area contributed by atoms with E-state index in [4.69, 9.17) is 4.74 Å². The first-order valence-corrected chi connectivity index (χ1v) is 24.7. The molecule has 3 N–H and O–H groups in total. The second kappa shape index (κ2) is 45.2. The van der Waals surface area contributed by atoms with Gasteiger partial charge in [-0.25, -0.2) is 0 Å². The molecule has 1 amide bonds. The van der Waals surface area contributed by atoms with Crippen molar-refractivity contribution in [1.82, 2.24) is 5.32 Å². The van der Waals surface area contributed by atoms with Gasteiger partial charge in [-0.1, -0.05) is 218 Å². The highest BCUT2D eigenvalue weighted by molar-refractivity contribution is 5.77. The molecule has 0 aromatic heterocycles. The molecule has 0 saturated carbocycles. The van der Waals surface area contributed by atoms with Gasteiger partial charge in [-0.3, -0.25) is 9.59 Å². The molecule has 0 aliphatic heterocycles. The number of rotatable bonds is 44. The minimum absolute atomic E-state index is 0.0757. The van der Waals surface area contributed by atoms with Crippen molar-refractivity contribution in [3.8, 4) is 0 Å². The highest BCUT2D eigenvalue weighted by Crippen LogP contribution is 2.18. The molecule has 6 nitrogen and oxygen atoms in total. The van der Waals surface area contributed by atoms with Crippen LogP contribution in [0.3, 0.4) is 0 Å². The van der Waals surface area contributed by atoms with Gasteiger partial charge in [-0.2, -0.15) is 0 Å². The molecule has 0 saturated heterocycles. The van der Waals surface area contributed by atoms with Gasteiger partial charge in [0, 0.05) is 6.42 Å². The van der Waals surface area contributed by atoms with Gasteiger partial charge in [0.25, 0.3) is 0 Å². The van der Waals surface area contributed by atoms with Crippen molar-refractivity contribution < 1.29 is 24.5 Å². The van der Waals surface area contributed by atoms with E-state index in [9.17, 15) is 19.8 Å². The summed E-state index contributed by atoms with van der Waals surface area (Å²) >= 11 is 0. The van der Waals surface area contributed by atoms with E-state index in [1.54, 1.807) is 0 Å². The SMILES string of the molecule is CC/C=C/C/C=C/C/C=C/CCCCCCCCC(=O)OC(CCCCCCCCCCCCCCC)CC(=O)NC(CO)C(O)CCCCCCCCCCC. The highest BCUT2D eigenvalue weighted by atomic mass is 16.5. The van der Waals surface area contributed by atoms with Crippen molar-refractivity contribution in [1.29, 1.82) is 0 Å². The second-order valence-corrected chi connectivity index (χ2v) is 16.8. The zero-order valence-electron chi connectivity index (χ0n) is 38.0. The Morgan fingerprint density at radius 2 is 0.947 bits per heavy atom. The Labute approximate surface area is 353 Å². The first-order valence-electron chi connectivity index (χ1n) is 24.7. The summed E-state index contributed by atoms with van der Waals surface area (Å²) < 4.78 is 5.92. The van der Waals surface area contributed by atoms with Crippen molar-refractivity contribution in [3.63, 3.8) is 0 Å². The van der Waals surface area contributed by atoms with Gasteiger partial charge in [0.2, 0.25) is 5.91 Å².